The maximum Gasteiger partial charge on any atom is 0.254 e. The Morgan fingerprint density at radius 2 is 2.05 bits per heavy atom. The van der Waals surface area contributed by atoms with Gasteiger partial charge in [0.1, 0.15) is 12.2 Å². The molecule has 5 heteroatoms. The molecule has 19 heavy (non-hydrogen) atoms. The van der Waals surface area contributed by atoms with Crippen LogP contribution in [-0.4, -0.2) is 23.0 Å². The molecule has 0 aliphatic rings. The summed E-state index contributed by atoms with van der Waals surface area (Å²) in [7, 11) is 0. The predicted octanol–water partition coefficient (Wildman–Crippen LogP) is 1.45. The molecule has 4 N–H and O–H groups in total. The lowest BCUT2D eigenvalue weighted by molar-refractivity contribution is 0.0994. The molecule has 0 spiro atoms. The summed E-state index contributed by atoms with van der Waals surface area (Å²) >= 11 is 0. The number of ether oxygens (including phenoxy) is 1. The first-order valence-corrected chi connectivity index (χ1v) is 5.98. The van der Waals surface area contributed by atoms with Crippen molar-refractivity contribution in [2.75, 3.05) is 6.61 Å². The highest BCUT2D eigenvalue weighted by molar-refractivity contribution is 5.98. The molecule has 0 radical (unpaired) electrons. The van der Waals surface area contributed by atoms with Crippen molar-refractivity contribution in [1.82, 2.24) is 4.98 Å². The number of para-hydroxylation sites is 1. The molecule has 1 heterocycles. The fourth-order valence-electron chi connectivity index (χ4n) is 1.64. The highest BCUT2D eigenvalue weighted by Crippen LogP contribution is 2.22. The predicted molar refractivity (Wildman–Crippen MR) is 74.0 cm³/mol. The van der Waals surface area contributed by atoms with Crippen LogP contribution in [0.2, 0.25) is 0 Å². The van der Waals surface area contributed by atoms with Gasteiger partial charge in [-0.1, -0.05) is 18.2 Å². The number of fused-ring (bicyclic) bond motifs is 1. The zero-order valence-electron chi connectivity index (χ0n) is 11.0. The van der Waals surface area contributed by atoms with Crippen LogP contribution >= 0.6 is 0 Å². The maximum atomic E-state index is 11.5. The van der Waals surface area contributed by atoms with Crippen LogP contribution in [0.15, 0.2) is 30.3 Å². The third kappa shape index (κ3) is 3.20. The Labute approximate surface area is 111 Å². The molecule has 2 rings (SSSR count). The zero-order chi connectivity index (χ0) is 14.0. The third-order valence-corrected chi connectivity index (χ3v) is 2.54. The Kier molecular flexibility index (Phi) is 3.40. The number of hydrogen-bond acceptors (Lipinski definition) is 4. The molecule has 0 aliphatic heterocycles. The van der Waals surface area contributed by atoms with Gasteiger partial charge in [-0.15, -0.1) is 0 Å². The standard InChI is InChI=1S/C14H17N3O2/c1-14(2,16)8-19-13-10(12(15)18)7-9-5-3-4-6-11(9)17-13/h3-7H,8,16H2,1-2H3,(H2,15,18). The fraction of sp³-hybridized carbons (Fsp3) is 0.286. The molecule has 1 aromatic heterocycles. The molecule has 0 unspecified atom stereocenters. The lowest BCUT2D eigenvalue weighted by Crippen LogP contribution is -2.39. The number of nitrogens with two attached hydrogens (primary N) is 2. The van der Waals surface area contributed by atoms with Crippen LogP contribution in [0.5, 0.6) is 5.88 Å². The van der Waals surface area contributed by atoms with Gasteiger partial charge in [0.05, 0.1) is 5.52 Å². The molecule has 1 aromatic carbocycles. The maximum absolute atomic E-state index is 11.5. The quantitative estimate of drug-likeness (QED) is 0.869. The third-order valence-electron chi connectivity index (χ3n) is 2.54. The minimum atomic E-state index is -0.567. The molecule has 1 amide bonds. The van der Waals surface area contributed by atoms with E-state index in [-0.39, 0.29) is 18.1 Å². The SMILES string of the molecule is CC(C)(N)COc1nc2ccccc2cc1C(N)=O. The van der Waals surface area contributed by atoms with Crippen LogP contribution < -0.4 is 16.2 Å². The van der Waals surface area contributed by atoms with E-state index in [0.29, 0.717) is 0 Å². The average molecular weight is 259 g/mol. The van der Waals surface area contributed by atoms with E-state index in [1.54, 1.807) is 6.07 Å². The van der Waals surface area contributed by atoms with Gasteiger partial charge in [-0.25, -0.2) is 4.98 Å². The number of amides is 1. The molecule has 0 aliphatic carbocycles. The van der Waals surface area contributed by atoms with Crippen molar-refractivity contribution in [3.63, 3.8) is 0 Å². The normalized spacial score (nSPS) is 11.5. The number of primary amides is 1. The van der Waals surface area contributed by atoms with Crippen molar-refractivity contribution < 1.29 is 9.53 Å². The summed E-state index contributed by atoms with van der Waals surface area (Å²) in [4.78, 5) is 15.8. The average Bonchev–Trinajstić information content (AvgIpc) is 2.34. The molecule has 0 fully saturated rings. The van der Waals surface area contributed by atoms with Crippen molar-refractivity contribution in [2.45, 2.75) is 19.4 Å². The summed E-state index contributed by atoms with van der Waals surface area (Å²) in [5.74, 6) is -0.340. The molecule has 0 saturated heterocycles. The van der Waals surface area contributed by atoms with Crippen LogP contribution in [0, 0.1) is 0 Å². The smallest absolute Gasteiger partial charge is 0.254 e. The molecule has 0 bridgehead atoms. The molecule has 100 valence electrons. The van der Waals surface area contributed by atoms with Crippen LogP contribution in [0.25, 0.3) is 10.9 Å². The summed E-state index contributed by atoms with van der Waals surface area (Å²) in [6.07, 6.45) is 0. The van der Waals surface area contributed by atoms with Gasteiger partial charge in [0.15, 0.2) is 0 Å². The Hall–Kier alpha value is -2.14. The molecule has 5 nitrogen and oxygen atoms in total. The van der Waals surface area contributed by atoms with E-state index in [9.17, 15) is 4.79 Å². The van der Waals surface area contributed by atoms with Gasteiger partial charge in [-0.05, 0) is 26.0 Å². The molecular formula is C14H17N3O2. The number of rotatable bonds is 4. The van der Waals surface area contributed by atoms with Gasteiger partial charge in [0.25, 0.3) is 5.91 Å². The van der Waals surface area contributed by atoms with E-state index in [1.165, 1.54) is 0 Å². The minimum absolute atomic E-state index is 0.227. The number of benzene rings is 1. The Morgan fingerprint density at radius 1 is 1.37 bits per heavy atom. The van der Waals surface area contributed by atoms with E-state index in [4.69, 9.17) is 16.2 Å². The fourth-order valence-corrected chi connectivity index (χ4v) is 1.64. The summed E-state index contributed by atoms with van der Waals surface area (Å²) in [5.41, 5.74) is 11.7. The van der Waals surface area contributed by atoms with Crippen molar-refractivity contribution in [2.24, 2.45) is 11.5 Å². The number of carbonyl (C=O) groups excluding carboxylic acids is 1. The van der Waals surface area contributed by atoms with Gasteiger partial charge >= 0.3 is 0 Å². The first kappa shape index (κ1) is 13.3. The van der Waals surface area contributed by atoms with Crippen molar-refractivity contribution in [3.05, 3.63) is 35.9 Å². The highest BCUT2D eigenvalue weighted by Gasteiger charge is 2.17. The van der Waals surface area contributed by atoms with E-state index < -0.39 is 11.4 Å². The van der Waals surface area contributed by atoms with Gasteiger partial charge in [-0.2, -0.15) is 0 Å². The second-order valence-electron chi connectivity index (χ2n) is 5.18. The second-order valence-corrected chi connectivity index (χ2v) is 5.18. The van der Waals surface area contributed by atoms with E-state index >= 15 is 0 Å². The molecule has 0 saturated carbocycles. The Morgan fingerprint density at radius 3 is 2.68 bits per heavy atom. The van der Waals surface area contributed by atoms with Crippen LogP contribution in [-0.2, 0) is 0 Å². The van der Waals surface area contributed by atoms with Gasteiger partial charge in [-0.3, -0.25) is 4.79 Å². The van der Waals surface area contributed by atoms with Crippen LogP contribution in [0.4, 0.5) is 0 Å². The van der Waals surface area contributed by atoms with Crippen LogP contribution in [0.3, 0.4) is 0 Å². The van der Waals surface area contributed by atoms with Gasteiger partial charge in [0, 0.05) is 10.9 Å². The number of pyridine rings is 1. The summed E-state index contributed by atoms with van der Waals surface area (Å²) in [6, 6.07) is 9.14. The number of aromatic nitrogens is 1. The summed E-state index contributed by atoms with van der Waals surface area (Å²) in [5, 5.41) is 0.843. The highest BCUT2D eigenvalue weighted by atomic mass is 16.5. The first-order chi connectivity index (χ1) is 8.87. The number of hydrogen-bond donors (Lipinski definition) is 2. The minimum Gasteiger partial charge on any atom is -0.475 e. The van der Waals surface area contributed by atoms with Crippen molar-refractivity contribution >= 4 is 16.8 Å². The largest absolute Gasteiger partial charge is 0.475 e. The Balaban J connectivity index is 2.45. The van der Waals surface area contributed by atoms with E-state index in [1.807, 2.05) is 38.1 Å². The zero-order valence-corrected chi connectivity index (χ0v) is 11.0. The monoisotopic (exact) mass is 259 g/mol. The van der Waals surface area contributed by atoms with E-state index in [0.717, 1.165) is 10.9 Å². The topological polar surface area (TPSA) is 91.2 Å². The van der Waals surface area contributed by atoms with Crippen molar-refractivity contribution in [1.29, 1.82) is 0 Å². The second kappa shape index (κ2) is 4.85. The van der Waals surface area contributed by atoms with Crippen molar-refractivity contribution in [3.8, 4) is 5.88 Å². The summed E-state index contributed by atoms with van der Waals surface area (Å²) < 4.78 is 5.53. The van der Waals surface area contributed by atoms with Crippen LogP contribution in [0.1, 0.15) is 24.2 Å². The Bertz CT molecular complexity index is 618. The van der Waals surface area contributed by atoms with Gasteiger partial charge in [0.2, 0.25) is 5.88 Å². The molecular weight excluding hydrogens is 242 g/mol. The molecule has 0 atom stereocenters. The first-order valence-electron chi connectivity index (χ1n) is 5.98. The summed E-state index contributed by atoms with van der Waals surface area (Å²) in [6.45, 7) is 3.91. The number of nitrogens with zero attached hydrogens (tertiary/aromatic N) is 1. The van der Waals surface area contributed by atoms with Gasteiger partial charge < -0.3 is 16.2 Å². The molecule has 2 aromatic rings. The lowest BCUT2D eigenvalue weighted by atomic mass is 10.1. The number of carbonyl (C=O) groups is 1. The lowest BCUT2D eigenvalue weighted by Gasteiger charge is -2.19. The van der Waals surface area contributed by atoms with E-state index in [2.05, 4.69) is 4.98 Å².